The Labute approximate surface area is 263 Å². The van der Waals surface area contributed by atoms with Gasteiger partial charge < -0.3 is 9.55 Å². The number of fused-ring (bicyclic) bond motifs is 5. The molecule has 220 valence electrons. The molecule has 0 radical (unpaired) electrons. The molecule has 0 aliphatic heterocycles. The molecule has 0 atom stereocenters. The minimum absolute atomic E-state index is 0.0155. The van der Waals surface area contributed by atoms with Crippen LogP contribution >= 0.6 is 0 Å². The smallest absolute Gasteiger partial charge is 0.143 e. The van der Waals surface area contributed by atoms with Crippen molar-refractivity contribution in [2.45, 2.75) is 46.1 Å². The predicted octanol–water partition coefficient (Wildman–Crippen LogP) is 11.1. The van der Waals surface area contributed by atoms with Gasteiger partial charge in [0, 0.05) is 50.6 Å². The third-order valence-electron chi connectivity index (χ3n) is 9.06. The maximum absolute atomic E-state index is 5.49. The van der Waals surface area contributed by atoms with E-state index in [2.05, 4.69) is 153 Å². The molecule has 3 heterocycles. The maximum atomic E-state index is 5.49. The van der Waals surface area contributed by atoms with Gasteiger partial charge >= 0.3 is 0 Å². The molecule has 0 fully saturated rings. The number of para-hydroxylation sites is 2. The summed E-state index contributed by atoms with van der Waals surface area (Å²) in [7, 11) is 0. The Morgan fingerprint density at radius 1 is 0.689 bits per heavy atom. The predicted molar refractivity (Wildman–Crippen MR) is 190 cm³/mol. The molecule has 8 aromatic rings. The summed E-state index contributed by atoms with van der Waals surface area (Å²) in [5, 5.41) is 4.82. The molecule has 0 spiro atoms. The lowest BCUT2D eigenvalue weighted by molar-refractivity contribution is 0.591. The van der Waals surface area contributed by atoms with Gasteiger partial charge in [-0.15, -0.1) is 0 Å². The van der Waals surface area contributed by atoms with Gasteiger partial charge in [-0.2, -0.15) is 0 Å². The molecule has 0 saturated heterocycles. The Balaban J connectivity index is 1.36. The summed E-state index contributed by atoms with van der Waals surface area (Å²) in [6.07, 6.45) is 1.96. The van der Waals surface area contributed by atoms with Crippen LogP contribution in [0, 0.1) is 0 Å². The normalized spacial score (nSPS) is 12.3. The number of aromatic nitrogens is 4. The highest BCUT2D eigenvalue weighted by atomic mass is 15.1. The number of H-pyrrole nitrogens is 1. The van der Waals surface area contributed by atoms with Crippen LogP contribution in [0.15, 0.2) is 115 Å². The van der Waals surface area contributed by atoms with Crippen molar-refractivity contribution < 1.29 is 0 Å². The largest absolute Gasteiger partial charge is 0.354 e. The van der Waals surface area contributed by atoms with Crippen molar-refractivity contribution in [2.75, 3.05) is 0 Å². The van der Waals surface area contributed by atoms with Crippen LogP contribution in [0.3, 0.4) is 0 Å². The quantitative estimate of drug-likeness (QED) is 0.224. The molecule has 0 bridgehead atoms. The fourth-order valence-electron chi connectivity index (χ4n) is 6.71. The molecule has 0 aliphatic carbocycles. The number of nitrogens with one attached hydrogen (secondary N) is 1. The molecule has 4 nitrogen and oxygen atoms in total. The summed E-state index contributed by atoms with van der Waals surface area (Å²) in [5.74, 6) is 0.988. The Bertz CT molecular complexity index is 2400. The molecular formula is C41H36N4. The van der Waals surface area contributed by atoms with Gasteiger partial charge in [0.25, 0.3) is 0 Å². The average molecular weight is 585 g/mol. The number of benzene rings is 5. The average Bonchev–Trinajstić information content (AvgIpc) is 3.63. The van der Waals surface area contributed by atoms with Crippen molar-refractivity contribution >= 4 is 43.6 Å². The number of imidazole rings is 1. The molecular weight excluding hydrogens is 548 g/mol. The number of hydrogen-bond acceptors (Lipinski definition) is 2. The van der Waals surface area contributed by atoms with Crippen LogP contribution in [0.25, 0.3) is 77.4 Å². The molecule has 1 N–H and O–H groups in total. The highest BCUT2D eigenvalue weighted by molar-refractivity contribution is 6.12. The van der Waals surface area contributed by atoms with Gasteiger partial charge in [-0.25, -0.2) is 4.98 Å². The maximum Gasteiger partial charge on any atom is 0.143 e. The summed E-state index contributed by atoms with van der Waals surface area (Å²) in [4.78, 5) is 14.1. The summed E-state index contributed by atoms with van der Waals surface area (Å²) in [6.45, 7) is 11.4. The van der Waals surface area contributed by atoms with E-state index in [1.807, 2.05) is 6.20 Å². The first-order valence-electron chi connectivity index (χ1n) is 15.8. The third-order valence-corrected chi connectivity index (χ3v) is 9.06. The fourth-order valence-corrected chi connectivity index (χ4v) is 6.71. The first-order valence-corrected chi connectivity index (χ1v) is 15.8. The fraction of sp³-hybridized carbons (Fsp3) is 0.171. The summed E-state index contributed by atoms with van der Waals surface area (Å²) in [5.41, 5.74) is 11.2. The molecule has 3 aromatic heterocycles. The molecule has 0 amide bonds. The van der Waals surface area contributed by atoms with E-state index in [0.29, 0.717) is 0 Å². The van der Waals surface area contributed by atoms with E-state index in [9.17, 15) is 0 Å². The van der Waals surface area contributed by atoms with E-state index in [4.69, 9.17) is 9.97 Å². The number of rotatable bonds is 4. The monoisotopic (exact) mass is 584 g/mol. The van der Waals surface area contributed by atoms with Crippen LogP contribution < -0.4 is 0 Å². The van der Waals surface area contributed by atoms with Crippen molar-refractivity contribution in [1.29, 1.82) is 0 Å². The van der Waals surface area contributed by atoms with Crippen LogP contribution in [0.4, 0.5) is 0 Å². The molecule has 4 heteroatoms. The zero-order valence-corrected chi connectivity index (χ0v) is 26.4. The Morgan fingerprint density at radius 2 is 1.44 bits per heavy atom. The summed E-state index contributed by atoms with van der Waals surface area (Å²) in [6, 6.07) is 39.3. The van der Waals surface area contributed by atoms with Crippen LogP contribution in [-0.4, -0.2) is 19.5 Å². The van der Waals surface area contributed by atoms with Crippen molar-refractivity contribution in [3.63, 3.8) is 0 Å². The lowest BCUT2D eigenvalue weighted by Crippen LogP contribution is -2.11. The van der Waals surface area contributed by atoms with Gasteiger partial charge in [-0.1, -0.05) is 93.6 Å². The number of aromatic amines is 1. The van der Waals surface area contributed by atoms with Crippen molar-refractivity contribution in [2.24, 2.45) is 0 Å². The lowest BCUT2D eigenvalue weighted by atomic mass is 9.85. The SMILES string of the molecule is CC(C)n1c(-c2cc(C(C)(C)C)cc3c2[nH]c2ccccc23)nc2c(-c3cccc(-c4cc5ccccc5cn4)c3)cccc21. The van der Waals surface area contributed by atoms with E-state index in [1.54, 1.807) is 0 Å². The highest BCUT2D eigenvalue weighted by Crippen LogP contribution is 2.41. The van der Waals surface area contributed by atoms with E-state index >= 15 is 0 Å². The number of hydrogen-bond donors (Lipinski definition) is 1. The summed E-state index contributed by atoms with van der Waals surface area (Å²) >= 11 is 0. The Hall–Kier alpha value is -5.22. The second kappa shape index (κ2) is 10.2. The molecule has 0 saturated carbocycles. The second-order valence-electron chi connectivity index (χ2n) is 13.4. The number of nitrogens with zero attached hydrogens (tertiary/aromatic N) is 3. The second-order valence-corrected chi connectivity index (χ2v) is 13.4. The zero-order chi connectivity index (χ0) is 30.9. The van der Waals surface area contributed by atoms with Crippen molar-refractivity contribution in [1.82, 2.24) is 19.5 Å². The van der Waals surface area contributed by atoms with Gasteiger partial charge in [0.15, 0.2) is 0 Å². The molecule has 0 aliphatic rings. The number of pyridine rings is 1. The Kier molecular flexibility index (Phi) is 6.18. The van der Waals surface area contributed by atoms with Gasteiger partial charge in [0.1, 0.15) is 5.82 Å². The van der Waals surface area contributed by atoms with E-state index in [0.717, 1.165) is 61.2 Å². The van der Waals surface area contributed by atoms with Gasteiger partial charge in [0.05, 0.1) is 22.2 Å². The first kappa shape index (κ1) is 27.3. The molecule has 0 unspecified atom stereocenters. The molecule has 45 heavy (non-hydrogen) atoms. The van der Waals surface area contributed by atoms with E-state index < -0.39 is 0 Å². The minimum atomic E-state index is -0.0155. The van der Waals surface area contributed by atoms with Crippen molar-refractivity contribution in [3.8, 4) is 33.8 Å². The Morgan fingerprint density at radius 3 is 2.27 bits per heavy atom. The van der Waals surface area contributed by atoms with Crippen LogP contribution in [-0.2, 0) is 5.41 Å². The topological polar surface area (TPSA) is 46.5 Å². The zero-order valence-electron chi connectivity index (χ0n) is 26.4. The van der Waals surface area contributed by atoms with Crippen LogP contribution in [0.2, 0.25) is 0 Å². The van der Waals surface area contributed by atoms with Gasteiger partial charge in [-0.3, -0.25) is 4.98 Å². The van der Waals surface area contributed by atoms with Crippen LogP contribution in [0.1, 0.15) is 46.2 Å². The van der Waals surface area contributed by atoms with Crippen molar-refractivity contribution in [3.05, 3.63) is 121 Å². The van der Waals surface area contributed by atoms with E-state index in [1.165, 1.54) is 21.7 Å². The van der Waals surface area contributed by atoms with Crippen LogP contribution in [0.5, 0.6) is 0 Å². The highest BCUT2D eigenvalue weighted by Gasteiger charge is 2.24. The first-order chi connectivity index (χ1) is 21.8. The molecule has 8 rings (SSSR count). The van der Waals surface area contributed by atoms with Gasteiger partial charge in [0.2, 0.25) is 0 Å². The van der Waals surface area contributed by atoms with E-state index in [-0.39, 0.29) is 11.5 Å². The summed E-state index contributed by atoms with van der Waals surface area (Å²) < 4.78 is 2.40. The minimum Gasteiger partial charge on any atom is -0.354 e. The standard InChI is InChI=1S/C41H36N4/c1-25(2)45-37-19-11-17-31(27-14-10-15-28(20-27)36-21-26-12-6-7-13-29(26)24-42-36)39(37)44-40(45)34-23-30(41(3,4)5)22-33-32-16-8-9-18-35(32)43-38(33)34/h6-25,43H,1-5H3. The third kappa shape index (κ3) is 4.52. The lowest BCUT2D eigenvalue weighted by Gasteiger charge is -2.21. The molecule has 5 aromatic carbocycles. The van der Waals surface area contributed by atoms with Gasteiger partial charge in [-0.05, 0) is 72.2 Å².